The predicted molar refractivity (Wildman–Crippen MR) is 165 cm³/mol. The lowest BCUT2D eigenvalue weighted by atomic mass is 10.0. The Bertz CT molecular complexity index is 1480. The summed E-state index contributed by atoms with van der Waals surface area (Å²) in [6.45, 7) is -0.513. The Balaban J connectivity index is 1.74. The number of rotatable bonds is 11. The molecule has 2 amide bonds. The molecule has 11 heteroatoms. The molecule has 1 atom stereocenters. The molecule has 1 saturated carbocycles. The molecule has 0 spiro atoms. The molecule has 7 nitrogen and oxygen atoms in total. The summed E-state index contributed by atoms with van der Waals surface area (Å²) in [5, 5.41) is 4.13. The Morgan fingerprint density at radius 1 is 0.902 bits per heavy atom. The van der Waals surface area contributed by atoms with Crippen molar-refractivity contribution in [3.63, 3.8) is 0 Å². The van der Waals surface area contributed by atoms with Crippen LogP contribution in [0.25, 0.3) is 0 Å². The number of hydrogen-bond donors (Lipinski definition) is 1. The molecule has 4 rings (SSSR count). The number of benzene rings is 3. The number of amides is 2. The third kappa shape index (κ3) is 8.61. The van der Waals surface area contributed by atoms with E-state index in [-0.39, 0.29) is 30.6 Å². The molecule has 218 valence electrons. The molecule has 0 heterocycles. The summed E-state index contributed by atoms with van der Waals surface area (Å²) in [5.41, 5.74) is 1.76. The first-order valence-electron chi connectivity index (χ1n) is 13.3. The van der Waals surface area contributed by atoms with Crippen LogP contribution in [-0.2, 0) is 32.6 Å². The zero-order valence-electron chi connectivity index (χ0n) is 22.6. The van der Waals surface area contributed by atoms with Crippen LogP contribution in [0, 0.1) is 0 Å². The van der Waals surface area contributed by atoms with Crippen molar-refractivity contribution in [2.75, 3.05) is 17.1 Å². The molecule has 1 fully saturated rings. The van der Waals surface area contributed by atoms with Gasteiger partial charge in [0.2, 0.25) is 21.8 Å². The van der Waals surface area contributed by atoms with Crippen molar-refractivity contribution in [2.45, 2.75) is 50.7 Å². The molecule has 0 aromatic heterocycles. The summed E-state index contributed by atoms with van der Waals surface area (Å²) in [5.74, 6) is -0.841. The summed E-state index contributed by atoms with van der Waals surface area (Å²) in [4.78, 5) is 29.4. The first-order valence-corrected chi connectivity index (χ1v) is 16.3. The van der Waals surface area contributed by atoms with Crippen LogP contribution < -0.4 is 9.62 Å². The first-order chi connectivity index (χ1) is 19.5. The highest BCUT2D eigenvalue weighted by atomic mass is 35.5. The molecule has 0 bridgehead atoms. The fourth-order valence-electron chi connectivity index (χ4n) is 5.00. The fraction of sp³-hybridized carbons (Fsp3) is 0.333. The Hall–Kier alpha value is -2.78. The summed E-state index contributed by atoms with van der Waals surface area (Å²) >= 11 is 18.6. The van der Waals surface area contributed by atoms with E-state index in [0.29, 0.717) is 20.6 Å². The molecule has 1 N–H and O–H groups in total. The number of anilines is 1. The smallest absolute Gasteiger partial charge is 0.244 e. The van der Waals surface area contributed by atoms with Gasteiger partial charge in [-0.15, -0.1) is 0 Å². The molecular weight excluding hydrogens is 605 g/mol. The number of hydrogen-bond acceptors (Lipinski definition) is 4. The maximum absolute atomic E-state index is 14.1. The van der Waals surface area contributed by atoms with Crippen molar-refractivity contribution < 1.29 is 18.0 Å². The largest absolute Gasteiger partial charge is 0.352 e. The lowest BCUT2D eigenvalue weighted by Crippen LogP contribution is -2.54. The third-order valence-corrected chi connectivity index (χ3v) is 9.20. The zero-order chi connectivity index (χ0) is 29.6. The Morgan fingerprint density at radius 3 is 2.24 bits per heavy atom. The van der Waals surface area contributed by atoms with Crippen molar-refractivity contribution in [3.05, 3.63) is 99.0 Å². The van der Waals surface area contributed by atoms with Gasteiger partial charge in [-0.1, -0.05) is 90.1 Å². The van der Waals surface area contributed by atoms with Crippen LogP contribution in [0.3, 0.4) is 0 Å². The molecule has 0 saturated heterocycles. The van der Waals surface area contributed by atoms with Gasteiger partial charge in [0.25, 0.3) is 0 Å². The molecule has 3 aromatic rings. The van der Waals surface area contributed by atoms with Crippen LogP contribution in [0.5, 0.6) is 0 Å². The van der Waals surface area contributed by atoms with Crippen LogP contribution in [-0.4, -0.2) is 50.0 Å². The van der Waals surface area contributed by atoms with Crippen LogP contribution in [0.1, 0.15) is 36.8 Å². The number of carbonyl (C=O) groups is 2. The normalized spacial score (nSPS) is 14.4. The summed E-state index contributed by atoms with van der Waals surface area (Å²) in [6.07, 6.45) is 5.08. The Morgan fingerprint density at radius 2 is 1.61 bits per heavy atom. The average Bonchev–Trinajstić information content (AvgIpc) is 3.44. The van der Waals surface area contributed by atoms with E-state index in [1.165, 1.54) is 11.0 Å². The maximum atomic E-state index is 14.1. The van der Waals surface area contributed by atoms with Gasteiger partial charge in [-0.2, -0.15) is 0 Å². The van der Waals surface area contributed by atoms with E-state index in [0.717, 1.165) is 41.8 Å². The Labute approximate surface area is 256 Å². The lowest BCUT2D eigenvalue weighted by molar-refractivity contribution is -0.140. The van der Waals surface area contributed by atoms with Gasteiger partial charge in [-0.25, -0.2) is 8.42 Å². The number of halogens is 3. The van der Waals surface area contributed by atoms with E-state index in [4.69, 9.17) is 34.8 Å². The molecule has 0 aliphatic heterocycles. The predicted octanol–water partition coefficient (Wildman–Crippen LogP) is 6.11. The zero-order valence-corrected chi connectivity index (χ0v) is 25.7. The molecule has 3 aromatic carbocycles. The maximum Gasteiger partial charge on any atom is 0.244 e. The highest BCUT2D eigenvalue weighted by Gasteiger charge is 2.34. The molecule has 1 aliphatic rings. The van der Waals surface area contributed by atoms with Crippen LogP contribution in [0.15, 0.2) is 72.8 Å². The highest BCUT2D eigenvalue weighted by Crippen LogP contribution is 2.26. The van der Waals surface area contributed by atoms with E-state index >= 15 is 0 Å². The Kier molecular flexibility index (Phi) is 10.6. The van der Waals surface area contributed by atoms with Crippen molar-refractivity contribution in [1.82, 2.24) is 10.2 Å². The second-order valence-corrected chi connectivity index (χ2v) is 13.4. The van der Waals surface area contributed by atoms with Gasteiger partial charge in [-0.05, 0) is 54.3 Å². The minimum atomic E-state index is -3.88. The molecular formula is C30H32Cl3N3O4S. The van der Waals surface area contributed by atoms with E-state index in [9.17, 15) is 18.0 Å². The topological polar surface area (TPSA) is 86.8 Å². The van der Waals surface area contributed by atoms with Crippen molar-refractivity contribution in [3.8, 4) is 0 Å². The van der Waals surface area contributed by atoms with Gasteiger partial charge < -0.3 is 10.2 Å². The van der Waals surface area contributed by atoms with E-state index in [1.807, 2.05) is 30.3 Å². The molecule has 0 unspecified atom stereocenters. The van der Waals surface area contributed by atoms with Gasteiger partial charge in [-0.3, -0.25) is 13.9 Å². The second kappa shape index (κ2) is 13.9. The van der Waals surface area contributed by atoms with Gasteiger partial charge in [0.05, 0.1) is 22.0 Å². The molecule has 41 heavy (non-hydrogen) atoms. The molecule has 0 radical (unpaired) electrons. The number of carbonyl (C=O) groups excluding carboxylic acids is 2. The van der Waals surface area contributed by atoms with Crippen molar-refractivity contribution in [2.24, 2.45) is 0 Å². The van der Waals surface area contributed by atoms with Gasteiger partial charge in [0.1, 0.15) is 12.6 Å². The molecule has 1 aliphatic carbocycles. The number of sulfonamides is 1. The average molecular weight is 637 g/mol. The summed E-state index contributed by atoms with van der Waals surface area (Å²) in [7, 11) is -3.88. The van der Waals surface area contributed by atoms with Crippen LogP contribution in [0.2, 0.25) is 15.1 Å². The van der Waals surface area contributed by atoms with Gasteiger partial charge >= 0.3 is 0 Å². The standard InChI is InChI=1S/C30H32Cl3N3O4S/c1-41(39,40)36(25-13-7-10-23(31)18-25)20-29(37)35(19-22-14-15-26(32)27(33)16-22)28(17-21-8-3-2-4-9-21)30(38)34-24-11-5-6-12-24/h2-4,7-10,13-16,18,24,28H,5-6,11-12,17,19-20H2,1H3,(H,34,38)/t28-/m1/s1. The van der Waals surface area contributed by atoms with Crippen LogP contribution in [0.4, 0.5) is 5.69 Å². The minimum absolute atomic E-state index is 0.0124. The second-order valence-electron chi connectivity index (χ2n) is 10.2. The van der Waals surface area contributed by atoms with Crippen LogP contribution >= 0.6 is 34.8 Å². The highest BCUT2D eigenvalue weighted by molar-refractivity contribution is 7.92. The third-order valence-electron chi connectivity index (χ3n) is 7.08. The lowest BCUT2D eigenvalue weighted by Gasteiger charge is -2.34. The quantitative estimate of drug-likeness (QED) is 0.275. The van der Waals surface area contributed by atoms with Crippen molar-refractivity contribution in [1.29, 1.82) is 0 Å². The number of nitrogens with one attached hydrogen (secondary N) is 1. The van der Waals surface area contributed by atoms with E-state index in [2.05, 4.69) is 5.32 Å². The minimum Gasteiger partial charge on any atom is -0.352 e. The first kappa shape index (κ1) is 31.2. The van der Waals surface area contributed by atoms with Gasteiger partial charge in [0.15, 0.2) is 0 Å². The van der Waals surface area contributed by atoms with E-state index in [1.54, 1.807) is 36.4 Å². The van der Waals surface area contributed by atoms with Crippen molar-refractivity contribution >= 4 is 62.3 Å². The fourth-order valence-corrected chi connectivity index (χ4v) is 6.35. The summed E-state index contributed by atoms with van der Waals surface area (Å²) in [6, 6.07) is 19.8. The number of nitrogens with zero attached hydrogens (tertiary/aromatic N) is 2. The van der Waals surface area contributed by atoms with Gasteiger partial charge in [0, 0.05) is 24.0 Å². The SMILES string of the molecule is CS(=O)(=O)N(CC(=O)N(Cc1ccc(Cl)c(Cl)c1)[C@H](Cc1ccccc1)C(=O)NC1CCCC1)c1cccc(Cl)c1. The monoisotopic (exact) mass is 635 g/mol. The summed E-state index contributed by atoms with van der Waals surface area (Å²) < 4.78 is 26.7. The van der Waals surface area contributed by atoms with E-state index < -0.39 is 28.5 Å².